The third-order valence-electron chi connectivity index (χ3n) is 8.13. The standard InChI is InChI=1S/C16H23F2NO.C15H21F2NO/c1-3-9-19-10-7-13(8-11-19)14-5-4-6-15(12(14)2)20-16(17)18;1-3-18-9-7-12(8-10-18)13-5-4-6-14(11(13)2)19-15(16)17/h4-6,13,16H,3,7-11H2,1-2H3;4-6,12,15H,3,7-10H2,1-2H3. The summed E-state index contributed by atoms with van der Waals surface area (Å²) in [6.07, 6.45) is 5.55. The second-order valence-corrected chi connectivity index (χ2v) is 10.5. The van der Waals surface area contributed by atoms with Crippen LogP contribution in [0, 0.1) is 13.8 Å². The van der Waals surface area contributed by atoms with Crippen molar-refractivity contribution in [3.8, 4) is 11.5 Å². The number of nitrogens with zero attached hydrogens (tertiary/aromatic N) is 2. The summed E-state index contributed by atoms with van der Waals surface area (Å²) in [5, 5.41) is 0. The van der Waals surface area contributed by atoms with Crippen LogP contribution in [0.15, 0.2) is 36.4 Å². The molecule has 2 saturated heterocycles. The molecular weight excluding hydrogens is 508 g/mol. The molecule has 0 saturated carbocycles. The van der Waals surface area contributed by atoms with Gasteiger partial charge in [-0.2, -0.15) is 17.6 Å². The molecule has 2 heterocycles. The van der Waals surface area contributed by atoms with Gasteiger partial charge in [0.05, 0.1) is 0 Å². The van der Waals surface area contributed by atoms with Crippen molar-refractivity contribution >= 4 is 0 Å². The molecule has 0 bridgehead atoms. The summed E-state index contributed by atoms with van der Waals surface area (Å²) in [6.45, 7) is 9.21. The molecule has 0 aromatic heterocycles. The number of alkyl halides is 4. The first-order valence-electron chi connectivity index (χ1n) is 14.3. The minimum atomic E-state index is -2.75. The van der Waals surface area contributed by atoms with Crippen LogP contribution < -0.4 is 9.47 Å². The molecule has 39 heavy (non-hydrogen) atoms. The average molecular weight is 553 g/mol. The molecule has 0 N–H and O–H groups in total. The largest absolute Gasteiger partial charge is 0.435 e. The Bertz CT molecular complexity index is 1000. The maximum Gasteiger partial charge on any atom is 0.387 e. The molecule has 0 radical (unpaired) electrons. The van der Waals surface area contributed by atoms with E-state index in [2.05, 4.69) is 33.1 Å². The topological polar surface area (TPSA) is 24.9 Å². The highest BCUT2D eigenvalue weighted by molar-refractivity contribution is 5.42. The summed E-state index contributed by atoms with van der Waals surface area (Å²) >= 11 is 0. The first kappa shape index (κ1) is 31.2. The van der Waals surface area contributed by atoms with Crippen LogP contribution in [0.5, 0.6) is 11.5 Å². The molecule has 2 aromatic carbocycles. The molecule has 2 fully saturated rings. The zero-order valence-electron chi connectivity index (χ0n) is 23.8. The van der Waals surface area contributed by atoms with Crippen LogP contribution in [0.1, 0.15) is 80.0 Å². The van der Waals surface area contributed by atoms with E-state index in [1.807, 2.05) is 38.1 Å². The molecular formula is C31H44F4N2O2. The zero-order chi connectivity index (χ0) is 28.4. The summed E-state index contributed by atoms with van der Waals surface area (Å²) in [5.74, 6) is 1.55. The SMILES string of the molecule is CCCN1CCC(c2cccc(OC(F)F)c2C)CC1.CCN1CCC(c2cccc(OC(F)F)c2C)CC1. The lowest BCUT2D eigenvalue weighted by molar-refractivity contribution is -0.0510. The second-order valence-electron chi connectivity index (χ2n) is 10.5. The van der Waals surface area contributed by atoms with Gasteiger partial charge in [0.15, 0.2) is 0 Å². The van der Waals surface area contributed by atoms with Gasteiger partial charge in [-0.15, -0.1) is 0 Å². The van der Waals surface area contributed by atoms with Crippen molar-refractivity contribution in [1.82, 2.24) is 9.80 Å². The van der Waals surface area contributed by atoms with Crippen molar-refractivity contribution in [2.45, 2.75) is 84.9 Å². The smallest absolute Gasteiger partial charge is 0.387 e. The molecule has 8 heteroatoms. The molecule has 0 spiro atoms. The highest BCUT2D eigenvalue weighted by Gasteiger charge is 2.24. The Kier molecular flexibility index (Phi) is 12.4. The number of hydrogen-bond donors (Lipinski definition) is 0. The Morgan fingerprint density at radius 1 is 0.692 bits per heavy atom. The summed E-state index contributed by atoms with van der Waals surface area (Å²) in [6, 6.07) is 11.0. The fraction of sp³-hybridized carbons (Fsp3) is 0.613. The maximum absolute atomic E-state index is 12.4. The molecule has 4 rings (SSSR count). The van der Waals surface area contributed by atoms with Crippen molar-refractivity contribution in [3.05, 3.63) is 58.7 Å². The van der Waals surface area contributed by atoms with E-state index in [1.54, 1.807) is 12.1 Å². The van der Waals surface area contributed by atoms with E-state index in [4.69, 9.17) is 0 Å². The van der Waals surface area contributed by atoms with Gasteiger partial charge in [0.2, 0.25) is 0 Å². The predicted octanol–water partition coefficient (Wildman–Crippen LogP) is 7.98. The lowest BCUT2D eigenvalue weighted by Gasteiger charge is -2.32. The van der Waals surface area contributed by atoms with Crippen LogP contribution in [-0.2, 0) is 0 Å². The Labute approximate surface area is 231 Å². The number of halogens is 4. The number of rotatable bonds is 9. The van der Waals surface area contributed by atoms with Crippen molar-refractivity contribution in [1.29, 1.82) is 0 Å². The monoisotopic (exact) mass is 552 g/mol. The second kappa shape index (κ2) is 15.5. The van der Waals surface area contributed by atoms with E-state index >= 15 is 0 Å². The molecule has 0 amide bonds. The highest BCUT2D eigenvalue weighted by Crippen LogP contribution is 2.35. The van der Waals surface area contributed by atoms with Crippen LogP contribution in [0.4, 0.5) is 17.6 Å². The molecule has 2 aliphatic heterocycles. The van der Waals surface area contributed by atoms with Gasteiger partial charge >= 0.3 is 13.2 Å². The van der Waals surface area contributed by atoms with Gasteiger partial charge in [-0.1, -0.05) is 38.1 Å². The van der Waals surface area contributed by atoms with Gasteiger partial charge in [0, 0.05) is 0 Å². The third kappa shape index (κ3) is 9.10. The van der Waals surface area contributed by atoms with Gasteiger partial charge in [-0.05, 0) is 131 Å². The Morgan fingerprint density at radius 3 is 1.46 bits per heavy atom. The van der Waals surface area contributed by atoms with Crippen LogP contribution in [0.2, 0.25) is 0 Å². The van der Waals surface area contributed by atoms with Gasteiger partial charge in [-0.3, -0.25) is 0 Å². The fourth-order valence-corrected chi connectivity index (χ4v) is 5.94. The van der Waals surface area contributed by atoms with E-state index in [9.17, 15) is 17.6 Å². The van der Waals surface area contributed by atoms with Crippen molar-refractivity contribution in [3.63, 3.8) is 0 Å². The molecule has 4 nitrogen and oxygen atoms in total. The van der Waals surface area contributed by atoms with Crippen molar-refractivity contribution in [2.75, 3.05) is 39.3 Å². The molecule has 2 aliphatic rings. The van der Waals surface area contributed by atoms with Gasteiger partial charge in [0.25, 0.3) is 0 Å². The summed E-state index contributed by atoms with van der Waals surface area (Å²) < 4.78 is 58.6. The maximum atomic E-state index is 12.4. The Morgan fingerprint density at radius 2 is 1.10 bits per heavy atom. The van der Waals surface area contributed by atoms with E-state index < -0.39 is 13.2 Å². The fourth-order valence-electron chi connectivity index (χ4n) is 5.94. The Balaban J connectivity index is 0.000000216. The zero-order valence-corrected chi connectivity index (χ0v) is 23.8. The van der Waals surface area contributed by atoms with Crippen molar-refractivity contribution in [2.24, 2.45) is 0 Å². The normalized spacial score (nSPS) is 17.8. The highest BCUT2D eigenvalue weighted by atomic mass is 19.3. The third-order valence-corrected chi connectivity index (χ3v) is 8.13. The summed E-state index contributed by atoms with van der Waals surface area (Å²) in [4.78, 5) is 4.90. The first-order chi connectivity index (χ1) is 18.7. The van der Waals surface area contributed by atoms with E-state index in [0.29, 0.717) is 23.3 Å². The lowest BCUT2D eigenvalue weighted by Crippen LogP contribution is -2.33. The van der Waals surface area contributed by atoms with Gasteiger partial charge in [0.1, 0.15) is 11.5 Å². The van der Waals surface area contributed by atoms with E-state index in [0.717, 1.165) is 81.6 Å². The Hall–Kier alpha value is -2.32. The number of likely N-dealkylation sites (tertiary alicyclic amines) is 2. The lowest BCUT2D eigenvalue weighted by atomic mass is 9.86. The number of benzene rings is 2. The minimum Gasteiger partial charge on any atom is -0.435 e. The molecule has 2 aromatic rings. The summed E-state index contributed by atoms with van der Waals surface area (Å²) in [5.41, 5.74) is 4.05. The first-order valence-corrected chi connectivity index (χ1v) is 14.3. The summed E-state index contributed by atoms with van der Waals surface area (Å²) in [7, 11) is 0. The minimum absolute atomic E-state index is 0.311. The predicted molar refractivity (Wildman–Crippen MR) is 148 cm³/mol. The number of piperidine rings is 2. The molecule has 0 aliphatic carbocycles. The number of ether oxygens (including phenoxy) is 2. The van der Waals surface area contributed by atoms with E-state index in [-0.39, 0.29) is 0 Å². The van der Waals surface area contributed by atoms with Crippen molar-refractivity contribution < 1.29 is 27.0 Å². The van der Waals surface area contributed by atoms with E-state index in [1.165, 1.54) is 12.0 Å². The number of hydrogen-bond acceptors (Lipinski definition) is 4. The molecule has 0 atom stereocenters. The quantitative estimate of drug-likeness (QED) is 0.295. The van der Waals surface area contributed by atoms with Crippen LogP contribution in [-0.4, -0.2) is 62.3 Å². The average Bonchev–Trinajstić information content (AvgIpc) is 2.92. The van der Waals surface area contributed by atoms with Crippen LogP contribution in [0.25, 0.3) is 0 Å². The molecule has 0 unspecified atom stereocenters. The molecule has 218 valence electrons. The van der Waals surface area contributed by atoms with Crippen LogP contribution >= 0.6 is 0 Å². The van der Waals surface area contributed by atoms with Gasteiger partial charge in [-0.25, -0.2) is 0 Å². The van der Waals surface area contributed by atoms with Crippen LogP contribution in [0.3, 0.4) is 0 Å². The van der Waals surface area contributed by atoms with Gasteiger partial charge < -0.3 is 19.3 Å².